The smallest absolute Gasteiger partial charge is 0.197 e. The van der Waals surface area contributed by atoms with Crippen molar-refractivity contribution in [2.75, 3.05) is 30.6 Å². The number of nitrogens with zero attached hydrogens (tertiary/aromatic N) is 1. The predicted octanol–water partition coefficient (Wildman–Crippen LogP) is 6.85. The van der Waals surface area contributed by atoms with Gasteiger partial charge in [0.1, 0.15) is 12.0 Å². The molecule has 4 nitrogen and oxygen atoms in total. The number of aliphatic hydroxyl groups excluding tert-OH is 1. The largest absolute Gasteiger partial charge is 0.461 e. The molecule has 0 fully saturated rings. The van der Waals surface area contributed by atoms with Crippen molar-refractivity contribution in [3.05, 3.63) is 54.6 Å². The maximum atomic E-state index is 13.3. The molecule has 7 heteroatoms. The fourth-order valence-corrected chi connectivity index (χ4v) is 5.40. The number of carbonyl (C=O) groups excluding carboxylic acids is 1. The highest BCUT2D eigenvalue weighted by atomic mass is 32.2. The molecule has 32 heavy (non-hydrogen) atoms. The Kier molecular flexibility index (Phi) is 10.6. The van der Waals surface area contributed by atoms with Crippen LogP contribution in [0, 0.1) is 5.41 Å². The number of para-hydroxylation sites is 1. The highest BCUT2D eigenvalue weighted by Crippen LogP contribution is 2.48. The molecule has 1 N–H and O–H groups in total. The second-order valence-corrected chi connectivity index (χ2v) is 9.70. The Morgan fingerprint density at radius 3 is 2.66 bits per heavy atom. The fraction of sp³-hybridized carbons (Fsp3) is 0.400. The quantitative estimate of drug-likeness (QED) is 0.194. The Morgan fingerprint density at radius 2 is 2.03 bits per heavy atom. The van der Waals surface area contributed by atoms with Gasteiger partial charge in [-0.15, -0.1) is 23.5 Å². The van der Waals surface area contributed by atoms with E-state index < -0.39 is 5.83 Å². The number of thioether (sulfide) groups is 2. The van der Waals surface area contributed by atoms with E-state index in [1.54, 1.807) is 11.8 Å². The third kappa shape index (κ3) is 6.77. The molecular weight excluding hydrogens is 445 g/mol. The van der Waals surface area contributed by atoms with Crippen LogP contribution in [0.1, 0.15) is 33.1 Å². The lowest BCUT2D eigenvalue weighted by Crippen LogP contribution is -2.33. The molecule has 0 amide bonds. The van der Waals surface area contributed by atoms with Crippen molar-refractivity contribution in [1.29, 1.82) is 0 Å². The van der Waals surface area contributed by atoms with E-state index in [1.165, 1.54) is 19.3 Å². The molecule has 0 aromatic heterocycles. The predicted molar refractivity (Wildman–Crippen MR) is 134 cm³/mol. The van der Waals surface area contributed by atoms with Crippen LogP contribution in [0.3, 0.4) is 0 Å². The summed E-state index contributed by atoms with van der Waals surface area (Å²) < 4.78 is 18.8. The summed E-state index contributed by atoms with van der Waals surface area (Å²) in [4.78, 5) is 15.0. The van der Waals surface area contributed by atoms with Crippen molar-refractivity contribution < 1.29 is 19.0 Å². The summed E-state index contributed by atoms with van der Waals surface area (Å²) in [6.07, 6.45) is 6.54. The van der Waals surface area contributed by atoms with Gasteiger partial charge in [0.15, 0.2) is 12.1 Å². The minimum atomic E-state index is -0.928. The van der Waals surface area contributed by atoms with Gasteiger partial charge in [-0.3, -0.25) is 4.79 Å². The van der Waals surface area contributed by atoms with Crippen LogP contribution in [-0.4, -0.2) is 37.1 Å². The molecule has 3 rings (SSSR count). The minimum Gasteiger partial charge on any atom is -0.461 e. The van der Waals surface area contributed by atoms with Crippen LogP contribution in [0.2, 0.25) is 0 Å². The number of aliphatic hydroxyl groups is 1. The number of allylic oxidation sites excluding steroid dienone is 1. The number of fused-ring (bicyclic) bond motifs is 1. The standard InChI is InChI=1S/C24H28FNO2S2.CH4O/c1-4-5-11-24(2)16-26(19-9-7-6-8-10-19)20-12-23(29-3)21(13-22(20)30-17-24)28-15-18(25)14-27;1-2/h6-10,12-15H,4-5,11,16-17H2,1-3H3;2H,1H3/b18-15-;. The lowest BCUT2D eigenvalue weighted by molar-refractivity contribution is -0.106. The molecule has 1 atom stereocenters. The van der Waals surface area contributed by atoms with Crippen LogP contribution in [-0.2, 0) is 4.79 Å². The van der Waals surface area contributed by atoms with E-state index in [9.17, 15) is 9.18 Å². The topological polar surface area (TPSA) is 49.8 Å². The summed E-state index contributed by atoms with van der Waals surface area (Å²) in [6, 6.07) is 14.5. The summed E-state index contributed by atoms with van der Waals surface area (Å²) in [7, 11) is 1.00. The molecule has 0 radical (unpaired) electrons. The number of hydrogen-bond acceptors (Lipinski definition) is 6. The molecule has 1 aliphatic rings. The summed E-state index contributed by atoms with van der Waals surface area (Å²) >= 11 is 3.37. The van der Waals surface area contributed by atoms with Gasteiger partial charge < -0.3 is 14.7 Å². The molecule has 1 unspecified atom stereocenters. The Balaban J connectivity index is 0.00000176. The highest BCUT2D eigenvalue weighted by Gasteiger charge is 2.33. The van der Waals surface area contributed by atoms with Crippen LogP contribution in [0.4, 0.5) is 15.8 Å². The minimum absolute atomic E-state index is 0.146. The zero-order valence-corrected chi connectivity index (χ0v) is 20.8. The number of anilines is 2. The van der Waals surface area contributed by atoms with Gasteiger partial charge in [0.25, 0.3) is 0 Å². The number of ether oxygens (including phenoxy) is 1. The van der Waals surface area contributed by atoms with Gasteiger partial charge in [0.05, 0.1) is 10.6 Å². The average molecular weight is 478 g/mol. The molecule has 1 aliphatic heterocycles. The normalized spacial score (nSPS) is 18.2. The third-order valence-corrected chi connectivity index (χ3v) is 7.50. The highest BCUT2D eigenvalue weighted by molar-refractivity contribution is 7.99. The first-order chi connectivity index (χ1) is 15.5. The van der Waals surface area contributed by atoms with E-state index in [-0.39, 0.29) is 11.7 Å². The zero-order chi connectivity index (χ0) is 23.6. The van der Waals surface area contributed by atoms with Gasteiger partial charge in [0, 0.05) is 30.0 Å². The van der Waals surface area contributed by atoms with Crippen LogP contribution < -0.4 is 9.64 Å². The Labute approximate surface area is 199 Å². The Bertz CT molecular complexity index is 908. The van der Waals surface area contributed by atoms with Gasteiger partial charge in [-0.25, -0.2) is 0 Å². The molecule has 0 saturated heterocycles. The SMILES string of the molecule is CCCCC1(C)CSc2cc(O/C=C(\F)C=O)c(SC)cc2N(c2ccccc2)C1.CO. The van der Waals surface area contributed by atoms with Crippen molar-refractivity contribution in [3.8, 4) is 5.75 Å². The van der Waals surface area contributed by atoms with E-state index in [0.29, 0.717) is 5.75 Å². The molecule has 1 heterocycles. The van der Waals surface area contributed by atoms with E-state index in [2.05, 4.69) is 49.1 Å². The first kappa shape index (κ1) is 26.3. The summed E-state index contributed by atoms with van der Waals surface area (Å²) in [5.74, 6) is 0.638. The number of hydrogen-bond donors (Lipinski definition) is 1. The van der Waals surface area contributed by atoms with Crippen LogP contribution in [0.5, 0.6) is 5.75 Å². The molecule has 2 aromatic carbocycles. The van der Waals surface area contributed by atoms with Crippen molar-refractivity contribution in [1.82, 2.24) is 0 Å². The van der Waals surface area contributed by atoms with Crippen LogP contribution >= 0.6 is 23.5 Å². The lowest BCUT2D eigenvalue weighted by atomic mass is 9.86. The number of aldehydes is 1. The van der Waals surface area contributed by atoms with Gasteiger partial charge in [0.2, 0.25) is 0 Å². The Morgan fingerprint density at radius 1 is 1.31 bits per heavy atom. The average Bonchev–Trinajstić information content (AvgIpc) is 2.99. The summed E-state index contributed by atoms with van der Waals surface area (Å²) in [5, 5.41) is 7.00. The van der Waals surface area contributed by atoms with E-state index in [0.717, 1.165) is 46.8 Å². The van der Waals surface area contributed by atoms with Crippen molar-refractivity contribution >= 4 is 41.2 Å². The van der Waals surface area contributed by atoms with Crippen molar-refractivity contribution in [3.63, 3.8) is 0 Å². The Hall–Kier alpha value is -1.96. The maximum Gasteiger partial charge on any atom is 0.197 e. The molecule has 0 spiro atoms. The summed E-state index contributed by atoms with van der Waals surface area (Å²) in [5.41, 5.74) is 2.47. The van der Waals surface area contributed by atoms with Crippen LogP contribution in [0.15, 0.2) is 64.3 Å². The zero-order valence-electron chi connectivity index (χ0n) is 19.1. The fourth-order valence-electron chi connectivity index (χ4n) is 3.61. The van der Waals surface area contributed by atoms with Gasteiger partial charge in [-0.1, -0.05) is 44.9 Å². The number of benzene rings is 2. The molecular formula is C25H32FNO3S2. The maximum absolute atomic E-state index is 13.3. The van der Waals surface area contributed by atoms with E-state index in [4.69, 9.17) is 9.84 Å². The third-order valence-electron chi connectivity index (χ3n) is 5.26. The van der Waals surface area contributed by atoms with Gasteiger partial charge in [-0.2, -0.15) is 4.39 Å². The molecule has 0 aliphatic carbocycles. The number of rotatable bonds is 8. The second kappa shape index (κ2) is 12.9. The monoisotopic (exact) mass is 477 g/mol. The van der Waals surface area contributed by atoms with Crippen molar-refractivity contribution in [2.45, 2.75) is 42.9 Å². The summed E-state index contributed by atoms with van der Waals surface area (Å²) in [6.45, 7) is 5.54. The van der Waals surface area contributed by atoms with E-state index >= 15 is 0 Å². The van der Waals surface area contributed by atoms with Crippen molar-refractivity contribution in [2.24, 2.45) is 5.41 Å². The lowest BCUT2D eigenvalue weighted by Gasteiger charge is -2.34. The molecule has 2 aromatic rings. The molecule has 0 bridgehead atoms. The second-order valence-electron chi connectivity index (χ2n) is 7.83. The number of carbonyl (C=O) groups is 1. The van der Waals surface area contributed by atoms with Crippen LogP contribution in [0.25, 0.3) is 0 Å². The van der Waals surface area contributed by atoms with Gasteiger partial charge >= 0.3 is 0 Å². The van der Waals surface area contributed by atoms with Gasteiger partial charge in [-0.05, 0) is 42.4 Å². The number of unbranched alkanes of at least 4 members (excludes halogenated alkanes) is 1. The molecule has 0 saturated carbocycles. The molecule has 174 valence electrons. The van der Waals surface area contributed by atoms with E-state index in [1.807, 2.05) is 30.2 Å². The first-order valence-electron chi connectivity index (χ1n) is 10.6. The first-order valence-corrected chi connectivity index (χ1v) is 12.8. The number of halogens is 1.